The van der Waals surface area contributed by atoms with Crippen molar-refractivity contribution in [2.75, 3.05) is 19.8 Å². The van der Waals surface area contributed by atoms with E-state index in [1.54, 1.807) is 0 Å². The van der Waals surface area contributed by atoms with Crippen LogP contribution in [0, 0.1) is 11.8 Å². The average Bonchev–Trinajstić information content (AvgIpc) is 3.09. The number of nitrogens with zero attached hydrogens (tertiary/aromatic N) is 2. The lowest BCUT2D eigenvalue weighted by Crippen LogP contribution is -2.47. The molecule has 0 unspecified atom stereocenters. The lowest BCUT2D eigenvalue weighted by Gasteiger charge is -2.45. The Morgan fingerprint density at radius 2 is 2.17 bits per heavy atom. The van der Waals surface area contributed by atoms with Crippen molar-refractivity contribution in [1.82, 2.24) is 9.88 Å². The molecule has 1 aromatic heterocycles. The topological polar surface area (TPSA) is 60.9 Å². The van der Waals surface area contributed by atoms with Gasteiger partial charge in [0.15, 0.2) is 0 Å². The van der Waals surface area contributed by atoms with Crippen LogP contribution >= 0.6 is 0 Å². The van der Waals surface area contributed by atoms with Gasteiger partial charge >= 0.3 is 5.97 Å². The number of carbonyl (C=O) groups is 1. The number of aromatic nitrogens is 1. The highest BCUT2D eigenvalue weighted by Crippen LogP contribution is 2.50. The summed E-state index contributed by atoms with van der Waals surface area (Å²) in [6.45, 7) is 8.35. The quantitative estimate of drug-likeness (QED) is 0.713. The maximum Gasteiger partial charge on any atom is 0.302 e. The van der Waals surface area contributed by atoms with Gasteiger partial charge in [-0.1, -0.05) is 12.1 Å². The SMILES string of the molecule is CCOc1c2c(nc3ccccc13)[C@@H]1C[C@@H]3C(COC(C)=O)=CO[C@@H](C)[C@@H]3CN1C2. The van der Waals surface area contributed by atoms with Crippen LogP contribution in [-0.2, 0) is 20.8 Å². The Labute approximate surface area is 176 Å². The highest BCUT2D eigenvalue weighted by molar-refractivity contribution is 5.87. The van der Waals surface area contributed by atoms with Crippen molar-refractivity contribution >= 4 is 16.9 Å². The third-order valence-electron chi connectivity index (χ3n) is 6.77. The average molecular weight is 408 g/mol. The number of para-hydroxylation sites is 1. The zero-order valence-electron chi connectivity index (χ0n) is 17.8. The second-order valence-corrected chi connectivity index (χ2v) is 8.52. The van der Waals surface area contributed by atoms with E-state index in [2.05, 4.69) is 24.0 Å². The molecule has 0 bridgehead atoms. The van der Waals surface area contributed by atoms with E-state index in [0.29, 0.717) is 25.0 Å². The summed E-state index contributed by atoms with van der Waals surface area (Å²) in [6.07, 6.45) is 2.91. The van der Waals surface area contributed by atoms with E-state index in [4.69, 9.17) is 19.2 Å². The van der Waals surface area contributed by atoms with E-state index in [0.717, 1.165) is 47.4 Å². The van der Waals surface area contributed by atoms with Crippen LogP contribution in [0.1, 0.15) is 44.5 Å². The summed E-state index contributed by atoms with van der Waals surface area (Å²) in [4.78, 5) is 19.0. The van der Waals surface area contributed by atoms with Crippen LogP contribution in [-0.4, -0.2) is 41.7 Å². The zero-order chi connectivity index (χ0) is 20.8. The lowest BCUT2D eigenvalue weighted by atomic mass is 9.74. The number of fused-ring (bicyclic) bond motifs is 5. The monoisotopic (exact) mass is 408 g/mol. The van der Waals surface area contributed by atoms with Crippen molar-refractivity contribution in [3.63, 3.8) is 0 Å². The number of carbonyl (C=O) groups excluding carboxylic acids is 1. The molecule has 6 nitrogen and oxygen atoms in total. The smallest absolute Gasteiger partial charge is 0.302 e. The highest BCUT2D eigenvalue weighted by Gasteiger charge is 2.47. The number of hydrogen-bond acceptors (Lipinski definition) is 6. The molecule has 0 radical (unpaired) electrons. The fourth-order valence-corrected chi connectivity index (χ4v) is 5.34. The number of hydrogen-bond donors (Lipinski definition) is 0. The van der Waals surface area contributed by atoms with Gasteiger partial charge in [0.25, 0.3) is 0 Å². The zero-order valence-corrected chi connectivity index (χ0v) is 17.8. The molecule has 5 rings (SSSR count). The second kappa shape index (κ2) is 7.58. The van der Waals surface area contributed by atoms with Crippen molar-refractivity contribution in [2.24, 2.45) is 11.8 Å². The predicted molar refractivity (Wildman–Crippen MR) is 113 cm³/mol. The Morgan fingerprint density at radius 3 is 2.97 bits per heavy atom. The van der Waals surface area contributed by atoms with E-state index < -0.39 is 0 Å². The molecule has 0 aliphatic carbocycles. The summed E-state index contributed by atoms with van der Waals surface area (Å²) >= 11 is 0. The first-order valence-corrected chi connectivity index (χ1v) is 10.8. The van der Waals surface area contributed by atoms with E-state index in [-0.39, 0.29) is 18.1 Å². The summed E-state index contributed by atoms with van der Waals surface area (Å²) in [5, 5.41) is 1.09. The van der Waals surface area contributed by atoms with Gasteiger partial charge in [-0.15, -0.1) is 0 Å². The first-order chi connectivity index (χ1) is 14.6. The van der Waals surface area contributed by atoms with Gasteiger partial charge in [-0.25, -0.2) is 0 Å². The van der Waals surface area contributed by atoms with Crippen LogP contribution in [0.2, 0.25) is 0 Å². The summed E-state index contributed by atoms with van der Waals surface area (Å²) in [5.41, 5.74) is 4.42. The van der Waals surface area contributed by atoms with Gasteiger partial charge in [-0.2, -0.15) is 0 Å². The minimum atomic E-state index is -0.260. The van der Waals surface area contributed by atoms with E-state index in [1.807, 2.05) is 25.3 Å². The normalized spacial score (nSPS) is 27.5. The third kappa shape index (κ3) is 3.14. The Balaban J connectivity index is 1.52. The van der Waals surface area contributed by atoms with Gasteiger partial charge in [-0.05, 0) is 38.3 Å². The first-order valence-electron chi connectivity index (χ1n) is 10.8. The third-order valence-corrected chi connectivity index (χ3v) is 6.77. The molecule has 3 aliphatic rings. The van der Waals surface area contributed by atoms with Crippen LogP contribution < -0.4 is 4.74 Å². The van der Waals surface area contributed by atoms with Crippen molar-refractivity contribution < 1.29 is 19.0 Å². The van der Waals surface area contributed by atoms with Crippen LogP contribution in [0.3, 0.4) is 0 Å². The van der Waals surface area contributed by atoms with E-state index >= 15 is 0 Å². The molecule has 3 aliphatic heterocycles. The van der Waals surface area contributed by atoms with Crippen molar-refractivity contribution in [3.05, 3.63) is 47.4 Å². The first kappa shape index (κ1) is 19.4. The van der Waals surface area contributed by atoms with Crippen LogP contribution in [0.25, 0.3) is 10.9 Å². The molecule has 0 saturated carbocycles. The van der Waals surface area contributed by atoms with E-state index in [1.165, 1.54) is 12.5 Å². The second-order valence-electron chi connectivity index (χ2n) is 8.52. The van der Waals surface area contributed by atoms with Gasteiger partial charge < -0.3 is 14.2 Å². The Kier molecular flexibility index (Phi) is 4.89. The fraction of sp³-hybridized carbons (Fsp3) is 0.500. The van der Waals surface area contributed by atoms with Gasteiger partial charge in [0.2, 0.25) is 0 Å². The molecule has 1 aromatic carbocycles. The van der Waals surface area contributed by atoms with Crippen LogP contribution in [0.15, 0.2) is 36.1 Å². The fourth-order valence-electron chi connectivity index (χ4n) is 5.34. The molecule has 2 aromatic rings. The summed E-state index contributed by atoms with van der Waals surface area (Å²) < 4.78 is 17.4. The molecule has 30 heavy (non-hydrogen) atoms. The molecule has 158 valence electrons. The molecule has 0 amide bonds. The van der Waals surface area contributed by atoms with Crippen LogP contribution in [0.5, 0.6) is 5.75 Å². The van der Waals surface area contributed by atoms with Gasteiger partial charge in [0.1, 0.15) is 12.4 Å². The number of benzene rings is 1. The Hall–Kier alpha value is -2.60. The molecular weight excluding hydrogens is 380 g/mol. The molecule has 1 saturated heterocycles. The molecule has 0 spiro atoms. The standard InChI is InChI=1S/C24H28N2O4/c1-4-28-24-17-7-5-6-8-21(17)25-23-20(24)11-26-10-19-14(2)29-12-16(13-30-15(3)27)18(19)9-22(23)26/h5-8,12,14,18-19,22H,4,9-11,13H2,1-3H3/t14-,18+,19-,22-/m0/s1. The molecule has 4 heterocycles. The summed E-state index contributed by atoms with van der Waals surface area (Å²) in [7, 11) is 0. The largest absolute Gasteiger partial charge is 0.498 e. The van der Waals surface area contributed by atoms with E-state index in [9.17, 15) is 4.79 Å². The molecule has 1 fully saturated rings. The maximum atomic E-state index is 11.4. The van der Waals surface area contributed by atoms with Gasteiger partial charge in [0.05, 0.1) is 36.2 Å². The van der Waals surface area contributed by atoms with Crippen LogP contribution in [0.4, 0.5) is 0 Å². The molecule has 0 N–H and O–H groups in total. The maximum absolute atomic E-state index is 11.4. The molecule has 6 heteroatoms. The van der Waals surface area contributed by atoms with Crippen molar-refractivity contribution in [1.29, 1.82) is 0 Å². The highest BCUT2D eigenvalue weighted by atomic mass is 16.5. The van der Waals surface area contributed by atoms with Crippen molar-refractivity contribution in [2.45, 2.75) is 45.9 Å². The number of piperidine rings is 1. The number of pyridine rings is 1. The summed E-state index contributed by atoms with van der Waals surface area (Å²) in [5.74, 6) is 1.42. The minimum absolute atomic E-state index is 0.138. The Morgan fingerprint density at radius 1 is 1.33 bits per heavy atom. The van der Waals surface area contributed by atoms with Gasteiger partial charge in [-0.3, -0.25) is 14.7 Å². The van der Waals surface area contributed by atoms with Gasteiger partial charge in [0, 0.05) is 42.5 Å². The predicted octanol–water partition coefficient (Wildman–Crippen LogP) is 3.99. The Bertz CT molecular complexity index is 1020. The summed E-state index contributed by atoms with van der Waals surface area (Å²) in [6, 6.07) is 8.48. The molecular formula is C24H28N2O4. The molecule has 4 atom stereocenters. The number of esters is 1. The van der Waals surface area contributed by atoms with Crippen molar-refractivity contribution in [3.8, 4) is 5.75 Å². The number of ether oxygens (including phenoxy) is 3. The minimum Gasteiger partial charge on any atom is -0.498 e. The lowest BCUT2D eigenvalue weighted by molar-refractivity contribution is -0.140. The number of rotatable bonds is 4.